The number of nitrogens with one attached hydrogen (secondary N) is 1. The van der Waals surface area contributed by atoms with Gasteiger partial charge in [0, 0.05) is 0 Å². The number of nitrogens with two attached hydrogens (primary N) is 1. The van der Waals surface area contributed by atoms with Gasteiger partial charge in [-0.1, -0.05) is 12.1 Å². The van der Waals surface area contributed by atoms with Crippen LogP contribution in [0.3, 0.4) is 0 Å². The van der Waals surface area contributed by atoms with Gasteiger partial charge in [-0.25, -0.2) is 10.8 Å². The molecule has 21 heavy (non-hydrogen) atoms. The largest absolute Gasteiger partial charge is 0.470 e. The Morgan fingerprint density at radius 3 is 2.38 bits per heavy atom. The number of hydrazine groups is 1. The molecule has 10 heteroatoms. The summed E-state index contributed by atoms with van der Waals surface area (Å²) in [5, 5.41) is 0.189. The molecular weight excluding hydrogens is 299 g/mol. The monoisotopic (exact) mass is 308 g/mol. The number of ether oxygens (including phenoxy) is 1. The Bertz CT molecular complexity index is 646. The molecule has 0 amide bonds. The fourth-order valence-corrected chi connectivity index (χ4v) is 1.46. The Labute approximate surface area is 114 Å². The highest BCUT2D eigenvalue weighted by atomic mass is 19.4. The summed E-state index contributed by atoms with van der Waals surface area (Å²) in [6, 6.07) is 6.07. The second-order valence-electron chi connectivity index (χ2n) is 4.00. The zero-order valence-corrected chi connectivity index (χ0v) is 10.3. The number of anilines is 1. The van der Waals surface area contributed by atoms with Crippen LogP contribution in [0.4, 0.5) is 27.9 Å². The van der Waals surface area contributed by atoms with Crippen molar-refractivity contribution < 1.29 is 26.7 Å². The fourth-order valence-electron chi connectivity index (χ4n) is 1.46. The molecule has 1 heterocycles. The van der Waals surface area contributed by atoms with Crippen molar-refractivity contribution in [3.05, 3.63) is 24.3 Å². The van der Waals surface area contributed by atoms with Gasteiger partial charge >= 0.3 is 12.1 Å². The minimum atomic E-state index is -5.70. The van der Waals surface area contributed by atoms with Crippen molar-refractivity contribution in [2.45, 2.75) is 12.1 Å². The van der Waals surface area contributed by atoms with E-state index >= 15 is 0 Å². The molecule has 0 saturated heterocycles. The second kappa shape index (κ2) is 5.28. The van der Waals surface area contributed by atoms with Crippen LogP contribution in [0.5, 0.6) is 5.88 Å². The molecule has 0 atom stereocenters. The molecule has 1 aromatic carbocycles. The van der Waals surface area contributed by atoms with Gasteiger partial charge in [0.15, 0.2) is 6.61 Å². The summed E-state index contributed by atoms with van der Waals surface area (Å²) in [6.45, 7) is -1.89. The average molecular weight is 308 g/mol. The third-order valence-corrected chi connectivity index (χ3v) is 2.50. The SMILES string of the molecule is NNc1nc(OCC(F)(F)C(F)(F)F)c2ccccc2n1. The summed E-state index contributed by atoms with van der Waals surface area (Å²) >= 11 is 0. The lowest BCUT2D eigenvalue weighted by atomic mass is 10.2. The van der Waals surface area contributed by atoms with Crippen molar-refractivity contribution in [1.82, 2.24) is 9.97 Å². The number of nitrogens with zero attached hydrogens (tertiary/aromatic N) is 2. The second-order valence-corrected chi connectivity index (χ2v) is 4.00. The molecular formula is C11H9F5N4O. The van der Waals surface area contributed by atoms with Crippen LogP contribution in [0.15, 0.2) is 24.3 Å². The molecule has 2 rings (SSSR count). The molecule has 0 spiro atoms. The number of alkyl halides is 5. The van der Waals surface area contributed by atoms with Crippen LogP contribution >= 0.6 is 0 Å². The molecule has 0 aliphatic rings. The number of hydrogen-bond donors (Lipinski definition) is 2. The highest BCUT2D eigenvalue weighted by molar-refractivity contribution is 5.84. The molecule has 0 fully saturated rings. The zero-order chi connectivity index (χ0) is 15.7. The van der Waals surface area contributed by atoms with Crippen molar-refractivity contribution in [2.24, 2.45) is 5.84 Å². The van der Waals surface area contributed by atoms with Crippen LogP contribution in [0.2, 0.25) is 0 Å². The summed E-state index contributed by atoms with van der Waals surface area (Å²) < 4.78 is 66.6. The highest BCUT2D eigenvalue weighted by Crippen LogP contribution is 2.36. The molecule has 5 nitrogen and oxygen atoms in total. The molecule has 0 aliphatic carbocycles. The van der Waals surface area contributed by atoms with Crippen molar-refractivity contribution >= 4 is 16.9 Å². The third kappa shape index (κ3) is 3.10. The maximum atomic E-state index is 12.9. The van der Waals surface area contributed by atoms with E-state index in [0.717, 1.165) is 0 Å². The quantitative estimate of drug-likeness (QED) is 0.516. The van der Waals surface area contributed by atoms with Crippen molar-refractivity contribution in [3.63, 3.8) is 0 Å². The number of para-hydroxylation sites is 1. The van der Waals surface area contributed by atoms with Gasteiger partial charge in [-0.2, -0.15) is 26.9 Å². The maximum absolute atomic E-state index is 12.9. The number of halogens is 5. The summed E-state index contributed by atoms with van der Waals surface area (Å²) in [7, 11) is 0. The summed E-state index contributed by atoms with van der Waals surface area (Å²) in [5.74, 6) is -0.475. The smallest absolute Gasteiger partial charge is 0.456 e. The molecule has 0 bridgehead atoms. The normalized spacial score (nSPS) is 12.5. The van der Waals surface area contributed by atoms with E-state index in [9.17, 15) is 22.0 Å². The first-order valence-electron chi connectivity index (χ1n) is 5.55. The lowest BCUT2D eigenvalue weighted by Gasteiger charge is -2.20. The molecule has 3 N–H and O–H groups in total. The van der Waals surface area contributed by atoms with Gasteiger partial charge in [0.2, 0.25) is 11.8 Å². The van der Waals surface area contributed by atoms with Crippen LogP contribution in [0.1, 0.15) is 0 Å². The van der Waals surface area contributed by atoms with Crippen LogP contribution in [0, 0.1) is 0 Å². The van der Waals surface area contributed by atoms with E-state index in [1.54, 1.807) is 6.07 Å². The van der Waals surface area contributed by atoms with Crippen molar-refractivity contribution in [1.29, 1.82) is 0 Å². The number of fused-ring (bicyclic) bond motifs is 1. The zero-order valence-electron chi connectivity index (χ0n) is 10.3. The molecule has 114 valence electrons. The van der Waals surface area contributed by atoms with Crippen LogP contribution in [0.25, 0.3) is 10.9 Å². The molecule has 1 aromatic heterocycles. The lowest BCUT2D eigenvalue weighted by Crippen LogP contribution is -2.41. The van der Waals surface area contributed by atoms with Gasteiger partial charge in [-0.05, 0) is 12.1 Å². The first-order valence-corrected chi connectivity index (χ1v) is 5.55. The van der Waals surface area contributed by atoms with E-state index in [4.69, 9.17) is 5.84 Å². The fraction of sp³-hybridized carbons (Fsp3) is 0.273. The van der Waals surface area contributed by atoms with E-state index in [1.165, 1.54) is 18.2 Å². The predicted molar refractivity (Wildman–Crippen MR) is 63.8 cm³/mol. The topological polar surface area (TPSA) is 73.1 Å². The molecule has 2 aromatic rings. The number of hydrogen-bond acceptors (Lipinski definition) is 5. The van der Waals surface area contributed by atoms with E-state index in [1.807, 2.05) is 0 Å². The first-order chi connectivity index (χ1) is 9.74. The predicted octanol–water partition coefficient (Wildman–Crippen LogP) is 2.49. The number of benzene rings is 1. The summed E-state index contributed by atoms with van der Waals surface area (Å²) in [5.41, 5.74) is 2.36. The van der Waals surface area contributed by atoms with E-state index in [2.05, 4.69) is 20.1 Å². The van der Waals surface area contributed by atoms with E-state index in [0.29, 0.717) is 0 Å². The number of aromatic nitrogens is 2. The van der Waals surface area contributed by atoms with Crippen molar-refractivity contribution in [2.75, 3.05) is 12.0 Å². The van der Waals surface area contributed by atoms with Crippen LogP contribution in [-0.2, 0) is 0 Å². The Kier molecular flexibility index (Phi) is 3.81. The molecule has 0 saturated carbocycles. The van der Waals surface area contributed by atoms with Gasteiger partial charge < -0.3 is 4.74 Å². The summed E-state index contributed by atoms with van der Waals surface area (Å²) in [4.78, 5) is 7.54. The highest BCUT2D eigenvalue weighted by Gasteiger charge is 2.58. The Morgan fingerprint density at radius 1 is 1.10 bits per heavy atom. The minimum absolute atomic E-state index is 0.168. The van der Waals surface area contributed by atoms with Crippen LogP contribution in [-0.4, -0.2) is 28.7 Å². The van der Waals surface area contributed by atoms with Gasteiger partial charge in [-0.3, -0.25) is 5.43 Å². The Balaban J connectivity index is 2.34. The Hall–Kier alpha value is -2.23. The van der Waals surface area contributed by atoms with Gasteiger partial charge in [-0.15, -0.1) is 0 Å². The van der Waals surface area contributed by atoms with Gasteiger partial charge in [0.1, 0.15) is 0 Å². The number of rotatable bonds is 4. The Morgan fingerprint density at radius 2 is 1.76 bits per heavy atom. The third-order valence-electron chi connectivity index (χ3n) is 2.50. The number of nitrogen functional groups attached to an aromatic ring is 1. The van der Waals surface area contributed by atoms with Crippen molar-refractivity contribution in [3.8, 4) is 5.88 Å². The van der Waals surface area contributed by atoms with E-state index in [-0.39, 0.29) is 16.9 Å². The van der Waals surface area contributed by atoms with Gasteiger partial charge in [0.05, 0.1) is 10.9 Å². The minimum Gasteiger partial charge on any atom is -0.470 e. The summed E-state index contributed by atoms with van der Waals surface area (Å²) in [6.07, 6.45) is -5.70. The first kappa shape index (κ1) is 15.2. The van der Waals surface area contributed by atoms with E-state index < -0.39 is 24.6 Å². The standard InChI is InChI=1S/C11H9F5N4O/c12-10(13,11(14,15)16)5-21-8-6-3-1-2-4-7(6)18-9(19-8)20-17/h1-4H,5,17H2,(H,18,19,20). The van der Waals surface area contributed by atoms with Gasteiger partial charge in [0.25, 0.3) is 0 Å². The maximum Gasteiger partial charge on any atom is 0.456 e. The van der Waals surface area contributed by atoms with Crippen LogP contribution < -0.4 is 16.0 Å². The lowest BCUT2D eigenvalue weighted by molar-refractivity contribution is -0.290. The average Bonchev–Trinajstić information content (AvgIpc) is 2.43. The molecule has 0 radical (unpaired) electrons. The molecule has 0 unspecified atom stereocenters. The molecule has 0 aliphatic heterocycles.